The molecule has 1 heterocycles. The van der Waals surface area contributed by atoms with Crippen molar-refractivity contribution in [3.63, 3.8) is 0 Å². The number of thioether (sulfide) groups is 1. The molecule has 0 bridgehead atoms. The minimum atomic E-state index is -4.60. The van der Waals surface area contributed by atoms with Crippen LogP contribution in [0.5, 0.6) is 17.2 Å². The molecule has 1 aliphatic rings. The number of rotatable bonds is 5. The molecule has 0 spiro atoms. The van der Waals surface area contributed by atoms with Crippen molar-refractivity contribution in [1.29, 1.82) is 0 Å². The van der Waals surface area contributed by atoms with E-state index in [1.807, 2.05) is 0 Å². The van der Waals surface area contributed by atoms with Gasteiger partial charge in [-0.1, -0.05) is 12.1 Å². The van der Waals surface area contributed by atoms with Crippen LogP contribution in [0.1, 0.15) is 16.7 Å². The van der Waals surface area contributed by atoms with E-state index >= 15 is 0 Å². The van der Waals surface area contributed by atoms with Crippen LogP contribution >= 0.6 is 11.8 Å². The Labute approximate surface area is 175 Å². The van der Waals surface area contributed by atoms with Crippen LogP contribution in [0, 0.1) is 0 Å². The highest BCUT2D eigenvalue weighted by molar-refractivity contribution is 8.18. The van der Waals surface area contributed by atoms with Crippen LogP contribution in [-0.2, 0) is 12.7 Å². The quantitative estimate of drug-likeness (QED) is 0.703. The molecule has 0 aliphatic carbocycles. The maximum atomic E-state index is 13.4. The molecular formula is C20H18F3N3O3S. The Morgan fingerprint density at radius 2 is 1.90 bits per heavy atom. The zero-order chi connectivity index (χ0) is 21.9. The Hall–Kier alpha value is -2.98. The normalized spacial score (nSPS) is 16.8. The Balaban J connectivity index is 1.95. The second-order valence-corrected chi connectivity index (χ2v) is 7.15. The third-order valence-electron chi connectivity index (χ3n) is 4.17. The number of benzene rings is 2. The van der Waals surface area contributed by atoms with E-state index in [2.05, 4.69) is 10.3 Å². The zero-order valence-corrected chi connectivity index (χ0v) is 16.9. The Morgan fingerprint density at radius 1 is 1.17 bits per heavy atom. The van der Waals surface area contributed by atoms with Gasteiger partial charge in [-0.15, -0.1) is 0 Å². The average molecular weight is 437 g/mol. The highest BCUT2D eigenvalue weighted by Crippen LogP contribution is 2.41. The molecule has 1 aliphatic heterocycles. The maximum absolute atomic E-state index is 13.4. The third kappa shape index (κ3) is 4.77. The molecule has 0 radical (unpaired) electrons. The summed E-state index contributed by atoms with van der Waals surface area (Å²) in [5.74, 6) is 0.436. The number of nitrogens with zero attached hydrogens (tertiary/aromatic N) is 1. The minimum Gasteiger partial charge on any atom is -0.493 e. The lowest BCUT2D eigenvalue weighted by Gasteiger charge is -2.16. The molecular weight excluding hydrogens is 419 g/mol. The number of aliphatic imine (C=N–C) groups is 1. The number of methoxy groups -OCH3 is 1. The standard InChI is InChI=1S/C20H18F3N3O3S/c1-25-18-17(30-19(27)26-18)9-11-3-6-15(16(8-11)28-2)29-14-5-4-12(10-24)7-13(14)20(21,22)23/h3-9H,10,24H2,1-2H3,(H,25,26,27)/b17-9-. The first-order valence-electron chi connectivity index (χ1n) is 8.69. The van der Waals surface area contributed by atoms with Crippen LogP contribution in [0.3, 0.4) is 0 Å². The van der Waals surface area contributed by atoms with E-state index in [-0.39, 0.29) is 29.0 Å². The van der Waals surface area contributed by atoms with Crippen molar-refractivity contribution in [3.8, 4) is 17.2 Å². The smallest absolute Gasteiger partial charge is 0.419 e. The maximum Gasteiger partial charge on any atom is 0.419 e. The molecule has 158 valence electrons. The Bertz CT molecular complexity index is 1040. The molecule has 6 nitrogen and oxygen atoms in total. The minimum absolute atomic E-state index is 0.0194. The fourth-order valence-corrected chi connectivity index (χ4v) is 3.52. The van der Waals surface area contributed by atoms with E-state index in [0.29, 0.717) is 21.9 Å². The number of alkyl halides is 3. The number of carbonyl (C=O) groups excluding carboxylic acids is 1. The molecule has 3 N–H and O–H groups in total. The number of halogens is 3. The number of amidine groups is 1. The molecule has 0 unspecified atom stereocenters. The van der Waals surface area contributed by atoms with Gasteiger partial charge in [0.2, 0.25) is 0 Å². The largest absolute Gasteiger partial charge is 0.493 e. The summed E-state index contributed by atoms with van der Waals surface area (Å²) in [7, 11) is 2.94. The van der Waals surface area contributed by atoms with Gasteiger partial charge in [-0.2, -0.15) is 13.2 Å². The van der Waals surface area contributed by atoms with Gasteiger partial charge in [-0.3, -0.25) is 9.79 Å². The first-order valence-corrected chi connectivity index (χ1v) is 9.50. The van der Waals surface area contributed by atoms with Gasteiger partial charge in [-0.05, 0) is 53.2 Å². The van der Waals surface area contributed by atoms with Crippen molar-refractivity contribution in [2.75, 3.05) is 14.2 Å². The topological polar surface area (TPSA) is 85.9 Å². The SMILES string of the molecule is CN=C1NC(=O)S/C1=C\c1ccc(Oc2ccc(CN)cc2C(F)(F)F)c(OC)c1. The summed E-state index contributed by atoms with van der Waals surface area (Å²) in [6, 6.07) is 8.41. The van der Waals surface area contributed by atoms with Gasteiger partial charge < -0.3 is 20.5 Å². The van der Waals surface area contributed by atoms with Crippen molar-refractivity contribution >= 4 is 28.9 Å². The van der Waals surface area contributed by atoms with Gasteiger partial charge in [0.1, 0.15) is 11.6 Å². The lowest BCUT2D eigenvalue weighted by atomic mass is 10.1. The predicted octanol–water partition coefficient (Wildman–Crippen LogP) is 4.79. The Kier molecular flexibility index (Phi) is 6.37. The van der Waals surface area contributed by atoms with E-state index in [1.165, 1.54) is 25.3 Å². The number of hydrogen-bond donors (Lipinski definition) is 2. The van der Waals surface area contributed by atoms with E-state index in [0.717, 1.165) is 17.8 Å². The second kappa shape index (κ2) is 8.80. The number of ether oxygens (including phenoxy) is 2. The lowest BCUT2D eigenvalue weighted by molar-refractivity contribution is -0.138. The Morgan fingerprint density at radius 3 is 2.53 bits per heavy atom. The van der Waals surface area contributed by atoms with Crippen LogP contribution in [0.2, 0.25) is 0 Å². The van der Waals surface area contributed by atoms with Gasteiger partial charge in [-0.25, -0.2) is 0 Å². The number of hydrogen-bond acceptors (Lipinski definition) is 6. The molecule has 2 aromatic carbocycles. The van der Waals surface area contributed by atoms with E-state index < -0.39 is 11.7 Å². The third-order valence-corrected chi connectivity index (χ3v) is 4.99. The van der Waals surface area contributed by atoms with Crippen LogP contribution in [-0.4, -0.2) is 25.2 Å². The first-order chi connectivity index (χ1) is 14.2. The fraction of sp³-hybridized carbons (Fsp3) is 0.200. The van der Waals surface area contributed by atoms with Crippen molar-refractivity contribution in [1.82, 2.24) is 5.32 Å². The van der Waals surface area contributed by atoms with Gasteiger partial charge >= 0.3 is 6.18 Å². The number of carbonyl (C=O) groups is 1. The van der Waals surface area contributed by atoms with Gasteiger partial charge in [0.05, 0.1) is 17.6 Å². The first kappa shape index (κ1) is 21.7. The molecule has 0 aromatic heterocycles. The molecule has 0 atom stereocenters. The summed E-state index contributed by atoms with van der Waals surface area (Å²) in [5, 5.41) is 2.37. The molecule has 2 aromatic rings. The number of nitrogens with one attached hydrogen (secondary N) is 1. The zero-order valence-electron chi connectivity index (χ0n) is 16.0. The molecule has 3 rings (SSSR count). The highest BCUT2D eigenvalue weighted by atomic mass is 32.2. The van der Waals surface area contributed by atoms with Crippen molar-refractivity contribution < 1.29 is 27.4 Å². The van der Waals surface area contributed by atoms with Crippen LogP contribution in [0.4, 0.5) is 18.0 Å². The molecule has 10 heteroatoms. The molecule has 1 fully saturated rings. The predicted molar refractivity (Wildman–Crippen MR) is 110 cm³/mol. The van der Waals surface area contributed by atoms with E-state index in [9.17, 15) is 18.0 Å². The van der Waals surface area contributed by atoms with Gasteiger partial charge in [0, 0.05) is 13.6 Å². The summed E-state index contributed by atoms with van der Waals surface area (Å²) < 4.78 is 51.1. The van der Waals surface area contributed by atoms with E-state index in [4.69, 9.17) is 15.2 Å². The van der Waals surface area contributed by atoms with Gasteiger partial charge in [0.25, 0.3) is 5.24 Å². The summed E-state index contributed by atoms with van der Waals surface area (Å²) >= 11 is 0.994. The molecule has 1 saturated heterocycles. The summed E-state index contributed by atoms with van der Waals surface area (Å²) in [6.07, 6.45) is -2.89. The molecule has 30 heavy (non-hydrogen) atoms. The second-order valence-electron chi connectivity index (χ2n) is 6.14. The monoisotopic (exact) mass is 437 g/mol. The van der Waals surface area contributed by atoms with E-state index in [1.54, 1.807) is 25.3 Å². The fourth-order valence-electron chi connectivity index (χ4n) is 2.74. The summed E-state index contributed by atoms with van der Waals surface area (Å²) in [6.45, 7) is -0.0194. The lowest BCUT2D eigenvalue weighted by Crippen LogP contribution is -2.18. The van der Waals surface area contributed by atoms with Crippen molar-refractivity contribution in [3.05, 3.63) is 58.0 Å². The highest BCUT2D eigenvalue weighted by Gasteiger charge is 2.35. The summed E-state index contributed by atoms with van der Waals surface area (Å²) in [4.78, 5) is 16.2. The van der Waals surface area contributed by atoms with Crippen LogP contribution in [0.15, 0.2) is 46.3 Å². The number of nitrogens with two attached hydrogens (primary N) is 1. The number of amides is 1. The van der Waals surface area contributed by atoms with Gasteiger partial charge in [0.15, 0.2) is 11.5 Å². The average Bonchev–Trinajstić information content (AvgIpc) is 3.07. The molecule has 0 saturated carbocycles. The summed E-state index contributed by atoms with van der Waals surface area (Å²) in [5.41, 5.74) is 5.53. The van der Waals surface area contributed by atoms with Crippen molar-refractivity contribution in [2.45, 2.75) is 12.7 Å². The molecule has 1 amide bonds. The van der Waals surface area contributed by atoms with Crippen LogP contribution in [0.25, 0.3) is 6.08 Å². The van der Waals surface area contributed by atoms with Crippen LogP contribution < -0.4 is 20.5 Å². The van der Waals surface area contributed by atoms with Crippen molar-refractivity contribution in [2.24, 2.45) is 10.7 Å².